The molecule has 9 rings (SSSR count). The first-order valence-corrected chi connectivity index (χ1v) is 18.1. The molecule has 0 radical (unpaired) electrons. The molecular weight excluding hydrogens is 674 g/mol. The van der Waals surface area contributed by atoms with Gasteiger partial charge in [0, 0.05) is 61.0 Å². The molecule has 270 valence electrons. The average Bonchev–Trinajstić information content (AvgIpc) is 3.84. The van der Waals surface area contributed by atoms with E-state index in [0.29, 0.717) is 66.8 Å². The molecule has 0 aliphatic carbocycles. The van der Waals surface area contributed by atoms with Crippen molar-refractivity contribution < 1.29 is 31.8 Å². The van der Waals surface area contributed by atoms with Gasteiger partial charge in [0.2, 0.25) is 0 Å². The molecule has 0 unspecified atom stereocenters. The first kappa shape index (κ1) is 33.3. The van der Waals surface area contributed by atoms with Crippen molar-refractivity contribution in [1.29, 1.82) is 0 Å². The number of hydrogen-bond acceptors (Lipinski definition) is 8. The van der Waals surface area contributed by atoms with E-state index in [2.05, 4.69) is 20.6 Å². The fraction of sp³-hybridized carbons (Fsp3) is 0.450. The zero-order valence-corrected chi connectivity index (χ0v) is 28.9. The quantitative estimate of drug-likeness (QED) is 0.131. The van der Waals surface area contributed by atoms with E-state index in [4.69, 9.17) is 25.5 Å². The van der Waals surface area contributed by atoms with Crippen LogP contribution in [0.15, 0.2) is 34.7 Å². The molecule has 4 atom stereocenters. The maximum absolute atomic E-state index is 17.6. The molecule has 0 saturated carbocycles. The number of nitrogens with zero attached hydrogens (tertiary/aromatic N) is 5. The van der Waals surface area contributed by atoms with Crippen LogP contribution in [-0.2, 0) is 0 Å². The minimum absolute atomic E-state index is 0.0260. The predicted molar refractivity (Wildman–Crippen MR) is 191 cm³/mol. The summed E-state index contributed by atoms with van der Waals surface area (Å²) in [5.74, 6) is 1.83. The van der Waals surface area contributed by atoms with Gasteiger partial charge in [0.25, 0.3) is 0 Å². The van der Waals surface area contributed by atoms with Crippen LogP contribution in [-0.4, -0.2) is 94.7 Å². The minimum atomic E-state index is -0.950. The molecule has 4 saturated heterocycles. The number of benzene rings is 3. The van der Waals surface area contributed by atoms with Crippen molar-refractivity contribution >= 4 is 38.5 Å². The SMILES string of the molecule is C#Cc1c(F)ccc2cc(O)cc(-c3c(F)c4nc(OC[C@@]56CCCN5C[C@H](F)C6)nc(N5C[C@H]6CC[C@@H](C5)N6CCCF)c4c4cc(C)oc34)c12. The summed E-state index contributed by atoms with van der Waals surface area (Å²) in [7, 11) is 0. The number of phenols is 1. The van der Waals surface area contributed by atoms with Gasteiger partial charge in [-0.2, -0.15) is 9.97 Å². The Hall–Kier alpha value is -4.60. The van der Waals surface area contributed by atoms with Crippen LogP contribution >= 0.6 is 0 Å². The second kappa shape index (κ2) is 12.5. The maximum Gasteiger partial charge on any atom is 0.319 e. The zero-order chi connectivity index (χ0) is 35.9. The zero-order valence-electron chi connectivity index (χ0n) is 28.9. The van der Waals surface area contributed by atoms with Crippen LogP contribution in [0, 0.1) is 30.9 Å². The standard InChI is InChI=1S/C40H39F4N5O3/c1-3-28-31(43)9-6-23-15-27(50)16-29(32(23)28)33-35(44)36-34(30-14-22(2)52-37(30)33)38(47-19-25-7-8-26(20-47)49(25)13-5-11-41)46-39(45-36)51-21-40-10-4-12-48(40)18-24(42)17-40/h1,6,9,14-16,24-26,50H,4-5,7-8,10-13,17-21H2,2H3/t24-,25-,26+,40+/m1/s1. The number of aryl methyl sites for hydroxylation is 1. The Morgan fingerprint density at radius 1 is 1.10 bits per heavy atom. The van der Waals surface area contributed by atoms with Crippen molar-refractivity contribution in [3.63, 3.8) is 0 Å². The van der Waals surface area contributed by atoms with Gasteiger partial charge in [-0.1, -0.05) is 12.0 Å². The summed E-state index contributed by atoms with van der Waals surface area (Å²) in [6.45, 7) is 4.56. The van der Waals surface area contributed by atoms with E-state index in [-0.39, 0.29) is 70.3 Å². The van der Waals surface area contributed by atoms with Gasteiger partial charge in [0.1, 0.15) is 47.0 Å². The number of terminal acetylenes is 1. The van der Waals surface area contributed by atoms with E-state index in [1.54, 1.807) is 6.92 Å². The number of rotatable bonds is 8. The number of hydrogen-bond donors (Lipinski definition) is 1. The first-order chi connectivity index (χ1) is 25.2. The number of piperazine rings is 1. The summed E-state index contributed by atoms with van der Waals surface area (Å²) in [6, 6.07) is 7.65. The van der Waals surface area contributed by atoms with Gasteiger partial charge >= 0.3 is 6.01 Å². The topological polar surface area (TPSA) is 78.1 Å². The average molecular weight is 714 g/mol. The summed E-state index contributed by atoms with van der Waals surface area (Å²) in [4.78, 5) is 16.4. The smallest absolute Gasteiger partial charge is 0.319 e. The third-order valence-corrected chi connectivity index (χ3v) is 11.8. The summed E-state index contributed by atoms with van der Waals surface area (Å²) in [5, 5.41) is 12.5. The van der Waals surface area contributed by atoms with Crippen LogP contribution in [0.1, 0.15) is 49.8 Å². The van der Waals surface area contributed by atoms with Crippen molar-refractivity contribution in [2.75, 3.05) is 50.9 Å². The molecule has 1 N–H and O–H groups in total. The lowest BCUT2D eigenvalue weighted by molar-refractivity contribution is 0.107. The van der Waals surface area contributed by atoms with E-state index in [1.807, 2.05) is 6.07 Å². The molecule has 2 bridgehead atoms. The highest BCUT2D eigenvalue weighted by molar-refractivity contribution is 6.18. The number of anilines is 1. The van der Waals surface area contributed by atoms with Crippen molar-refractivity contribution in [2.24, 2.45) is 0 Å². The summed E-state index contributed by atoms with van der Waals surface area (Å²) in [5.41, 5.74) is -0.262. The molecule has 4 aliphatic rings. The van der Waals surface area contributed by atoms with Crippen molar-refractivity contribution in [3.05, 3.63) is 53.3 Å². The molecule has 12 heteroatoms. The molecule has 0 spiro atoms. The monoisotopic (exact) mass is 713 g/mol. The summed E-state index contributed by atoms with van der Waals surface area (Å²) < 4.78 is 73.3. The minimum Gasteiger partial charge on any atom is -0.508 e. The lowest BCUT2D eigenvalue weighted by Gasteiger charge is -2.42. The number of fused-ring (bicyclic) bond motifs is 7. The normalized spacial score (nSPS) is 24.8. The molecule has 5 aromatic rings. The number of ether oxygens (including phenoxy) is 1. The van der Waals surface area contributed by atoms with Crippen LogP contribution in [0.5, 0.6) is 11.8 Å². The van der Waals surface area contributed by atoms with Gasteiger partial charge in [0.05, 0.1) is 28.7 Å². The summed E-state index contributed by atoms with van der Waals surface area (Å²) in [6.07, 6.45) is 9.31. The molecule has 52 heavy (non-hydrogen) atoms. The van der Waals surface area contributed by atoms with Gasteiger partial charge in [-0.25, -0.2) is 13.2 Å². The first-order valence-electron chi connectivity index (χ1n) is 18.1. The van der Waals surface area contributed by atoms with Crippen molar-refractivity contribution in [1.82, 2.24) is 19.8 Å². The summed E-state index contributed by atoms with van der Waals surface area (Å²) >= 11 is 0. The van der Waals surface area contributed by atoms with Gasteiger partial charge in [-0.05, 0) is 75.2 Å². The van der Waals surface area contributed by atoms with Crippen LogP contribution in [0.4, 0.5) is 23.4 Å². The number of alkyl halides is 2. The van der Waals surface area contributed by atoms with E-state index >= 15 is 8.78 Å². The Labute approximate surface area is 298 Å². The maximum atomic E-state index is 17.6. The Morgan fingerprint density at radius 2 is 1.90 bits per heavy atom. The van der Waals surface area contributed by atoms with E-state index in [9.17, 15) is 13.9 Å². The highest BCUT2D eigenvalue weighted by Crippen LogP contribution is 2.47. The Bertz CT molecular complexity index is 2280. The largest absolute Gasteiger partial charge is 0.508 e. The number of halogens is 4. The number of aromatic hydroxyl groups is 1. The number of furan rings is 1. The van der Waals surface area contributed by atoms with E-state index < -0.39 is 23.3 Å². The van der Waals surface area contributed by atoms with E-state index in [0.717, 1.165) is 32.2 Å². The number of phenolic OH excluding ortho intramolecular Hbond substituents is 1. The Kier molecular flexibility index (Phi) is 8.01. The fourth-order valence-corrected chi connectivity index (χ4v) is 9.65. The highest BCUT2D eigenvalue weighted by atomic mass is 19.1. The number of aromatic nitrogens is 2. The molecule has 2 aromatic heterocycles. The molecule has 4 aliphatic heterocycles. The second-order valence-corrected chi connectivity index (χ2v) is 14.9. The predicted octanol–water partition coefficient (Wildman–Crippen LogP) is 7.44. The third kappa shape index (κ3) is 5.18. The van der Waals surface area contributed by atoms with Crippen LogP contribution in [0.3, 0.4) is 0 Å². The Balaban J connectivity index is 1.26. The molecule has 0 amide bonds. The highest BCUT2D eigenvalue weighted by Gasteiger charge is 2.49. The van der Waals surface area contributed by atoms with Crippen LogP contribution in [0.25, 0.3) is 43.8 Å². The van der Waals surface area contributed by atoms with Gasteiger partial charge in [-0.3, -0.25) is 14.2 Å². The molecule has 3 aromatic carbocycles. The fourth-order valence-electron chi connectivity index (χ4n) is 9.65. The van der Waals surface area contributed by atoms with Crippen LogP contribution in [0.2, 0.25) is 0 Å². The van der Waals surface area contributed by atoms with E-state index in [1.165, 1.54) is 24.3 Å². The third-order valence-electron chi connectivity index (χ3n) is 11.8. The van der Waals surface area contributed by atoms with Crippen molar-refractivity contribution in [2.45, 2.75) is 69.2 Å². The van der Waals surface area contributed by atoms with Crippen molar-refractivity contribution in [3.8, 4) is 35.2 Å². The second-order valence-electron chi connectivity index (χ2n) is 14.9. The Morgan fingerprint density at radius 3 is 2.67 bits per heavy atom. The molecular formula is C40H39F4N5O3. The molecule has 6 heterocycles. The molecule has 4 fully saturated rings. The lowest BCUT2D eigenvalue weighted by atomic mass is 9.91. The lowest BCUT2D eigenvalue weighted by Crippen LogP contribution is -2.54. The van der Waals surface area contributed by atoms with Crippen LogP contribution < -0.4 is 9.64 Å². The van der Waals surface area contributed by atoms with Gasteiger partial charge in [0.15, 0.2) is 5.82 Å². The van der Waals surface area contributed by atoms with Gasteiger partial charge in [-0.15, -0.1) is 6.42 Å². The van der Waals surface area contributed by atoms with Gasteiger partial charge < -0.3 is 19.2 Å². The molecule has 8 nitrogen and oxygen atoms in total.